The van der Waals surface area contributed by atoms with Crippen LogP contribution in [0.25, 0.3) is 0 Å². The summed E-state index contributed by atoms with van der Waals surface area (Å²) in [4.78, 5) is 23.0. The molecule has 0 spiro atoms. The Morgan fingerprint density at radius 2 is 1.83 bits per heavy atom. The number of benzene rings is 2. The maximum atomic E-state index is 13.7. The van der Waals surface area contributed by atoms with E-state index < -0.39 is 29.6 Å². The van der Waals surface area contributed by atoms with Gasteiger partial charge in [-0.1, -0.05) is 18.2 Å². The van der Waals surface area contributed by atoms with Gasteiger partial charge in [0.25, 0.3) is 0 Å². The number of carbonyl (C=O) groups excluding carboxylic acids is 1. The predicted octanol–water partition coefficient (Wildman–Crippen LogP) is 2.78. The fraction of sp³-hybridized carbons (Fsp3) is 0.176. The van der Waals surface area contributed by atoms with Crippen molar-refractivity contribution in [2.45, 2.75) is 19.5 Å². The highest BCUT2D eigenvalue weighted by Gasteiger charge is 2.16. The minimum atomic E-state index is -1.23. The molecule has 1 unspecified atom stereocenters. The molecule has 0 aliphatic heterocycles. The minimum absolute atomic E-state index is 0.124. The van der Waals surface area contributed by atoms with E-state index in [9.17, 15) is 18.4 Å². The molecule has 126 valence electrons. The van der Waals surface area contributed by atoms with Crippen LogP contribution in [-0.2, 0) is 11.3 Å². The largest absolute Gasteiger partial charge is 0.478 e. The third kappa shape index (κ3) is 4.36. The maximum Gasteiger partial charge on any atom is 0.335 e. The highest BCUT2D eigenvalue weighted by Crippen LogP contribution is 2.16. The Hall–Kier alpha value is -2.80. The molecule has 2 rings (SSSR count). The summed E-state index contributed by atoms with van der Waals surface area (Å²) in [6, 6.07) is 8.52. The van der Waals surface area contributed by atoms with Gasteiger partial charge in [-0.15, -0.1) is 0 Å². The molecule has 0 aliphatic rings. The number of hydrogen-bond donors (Lipinski definition) is 3. The van der Waals surface area contributed by atoms with Crippen LogP contribution in [0.4, 0.5) is 14.5 Å². The Kier molecular flexibility index (Phi) is 5.59. The monoisotopic (exact) mass is 334 g/mol. The van der Waals surface area contributed by atoms with Crippen molar-refractivity contribution in [3.8, 4) is 0 Å². The molecule has 0 saturated heterocycles. The number of anilines is 1. The van der Waals surface area contributed by atoms with Gasteiger partial charge in [-0.05, 0) is 31.2 Å². The van der Waals surface area contributed by atoms with Crippen LogP contribution in [0.3, 0.4) is 0 Å². The van der Waals surface area contributed by atoms with Crippen molar-refractivity contribution in [1.82, 2.24) is 5.32 Å². The number of hydrogen-bond acceptors (Lipinski definition) is 3. The molecular weight excluding hydrogens is 318 g/mol. The van der Waals surface area contributed by atoms with E-state index in [-0.39, 0.29) is 17.8 Å². The summed E-state index contributed by atoms with van der Waals surface area (Å²) in [7, 11) is 0. The van der Waals surface area contributed by atoms with Gasteiger partial charge >= 0.3 is 5.97 Å². The second kappa shape index (κ2) is 7.65. The summed E-state index contributed by atoms with van der Waals surface area (Å²) >= 11 is 0. The number of amides is 1. The van der Waals surface area contributed by atoms with Gasteiger partial charge in [0, 0.05) is 12.1 Å². The molecule has 0 aromatic heterocycles. The van der Waals surface area contributed by atoms with E-state index >= 15 is 0 Å². The van der Waals surface area contributed by atoms with E-state index in [0.29, 0.717) is 5.56 Å². The van der Waals surface area contributed by atoms with Gasteiger partial charge in [0.05, 0.1) is 17.3 Å². The van der Waals surface area contributed by atoms with Gasteiger partial charge in [0.15, 0.2) is 0 Å². The molecule has 0 radical (unpaired) electrons. The zero-order valence-electron chi connectivity index (χ0n) is 12.8. The van der Waals surface area contributed by atoms with Crippen molar-refractivity contribution in [1.29, 1.82) is 0 Å². The fourth-order valence-electron chi connectivity index (χ4n) is 1.99. The summed E-state index contributed by atoms with van der Waals surface area (Å²) in [6.07, 6.45) is 0. The van der Waals surface area contributed by atoms with Gasteiger partial charge in [-0.2, -0.15) is 0 Å². The van der Waals surface area contributed by atoms with E-state index in [0.717, 1.165) is 18.2 Å². The lowest BCUT2D eigenvalue weighted by Crippen LogP contribution is -2.38. The van der Waals surface area contributed by atoms with E-state index in [1.807, 2.05) is 0 Å². The third-order valence-corrected chi connectivity index (χ3v) is 3.42. The average Bonchev–Trinajstić information content (AvgIpc) is 2.55. The van der Waals surface area contributed by atoms with Crippen molar-refractivity contribution in [3.63, 3.8) is 0 Å². The lowest BCUT2D eigenvalue weighted by Gasteiger charge is -2.15. The first-order valence-electron chi connectivity index (χ1n) is 7.19. The molecule has 0 bridgehead atoms. The molecule has 3 N–H and O–H groups in total. The maximum absolute atomic E-state index is 13.7. The van der Waals surface area contributed by atoms with Crippen molar-refractivity contribution in [2.75, 3.05) is 5.32 Å². The zero-order valence-corrected chi connectivity index (χ0v) is 12.8. The smallest absolute Gasteiger partial charge is 0.335 e. The van der Waals surface area contributed by atoms with Gasteiger partial charge in [-0.25, -0.2) is 13.6 Å². The molecular formula is C17H16F2N2O3. The van der Waals surface area contributed by atoms with Crippen LogP contribution in [-0.4, -0.2) is 23.0 Å². The lowest BCUT2D eigenvalue weighted by atomic mass is 10.1. The molecule has 7 heteroatoms. The van der Waals surface area contributed by atoms with Crippen LogP contribution in [0.15, 0.2) is 42.5 Å². The van der Waals surface area contributed by atoms with E-state index in [1.165, 1.54) is 13.0 Å². The van der Waals surface area contributed by atoms with Crippen LogP contribution in [0.1, 0.15) is 22.8 Å². The Balaban J connectivity index is 2.00. The molecule has 0 aliphatic carbocycles. The standard InChI is InChI=1S/C17H16F2N2O3/c1-10(20-9-12-4-2-3-5-13(12)18)16(22)21-15-8-11(17(23)24)6-7-14(15)19/h2-8,10,20H,9H2,1H3,(H,21,22)(H,23,24). The SMILES string of the molecule is CC(NCc1ccccc1F)C(=O)Nc1cc(C(=O)O)ccc1F. The quantitative estimate of drug-likeness (QED) is 0.759. The number of halogens is 2. The van der Waals surface area contributed by atoms with Crippen LogP contribution in [0.5, 0.6) is 0 Å². The summed E-state index contributed by atoms with van der Waals surface area (Å²) < 4.78 is 27.2. The van der Waals surface area contributed by atoms with Crippen LogP contribution >= 0.6 is 0 Å². The molecule has 0 saturated carbocycles. The minimum Gasteiger partial charge on any atom is -0.478 e. The first-order chi connectivity index (χ1) is 11.4. The number of nitrogens with one attached hydrogen (secondary N) is 2. The predicted molar refractivity (Wildman–Crippen MR) is 84.7 cm³/mol. The Morgan fingerprint density at radius 1 is 1.12 bits per heavy atom. The molecule has 1 amide bonds. The van der Waals surface area contributed by atoms with Gasteiger partial charge < -0.3 is 15.7 Å². The number of aromatic carboxylic acids is 1. The van der Waals surface area contributed by atoms with Gasteiger partial charge in [0.1, 0.15) is 11.6 Å². The number of carboxylic acids is 1. The molecule has 0 heterocycles. The highest BCUT2D eigenvalue weighted by atomic mass is 19.1. The van der Waals surface area contributed by atoms with E-state index in [4.69, 9.17) is 5.11 Å². The number of rotatable bonds is 6. The molecule has 2 aromatic carbocycles. The Morgan fingerprint density at radius 3 is 2.50 bits per heavy atom. The van der Waals surface area contributed by atoms with Gasteiger partial charge in [0.2, 0.25) is 5.91 Å². The summed E-state index contributed by atoms with van der Waals surface area (Å²) in [5, 5.41) is 14.0. The Labute approximate surface area is 137 Å². The van der Waals surface area contributed by atoms with Crippen molar-refractivity contribution in [2.24, 2.45) is 0 Å². The normalized spacial score (nSPS) is 11.8. The fourth-order valence-corrected chi connectivity index (χ4v) is 1.99. The van der Waals surface area contributed by atoms with Crippen LogP contribution in [0, 0.1) is 11.6 Å². The second-order valence-electron chi connectivity index (χ2n) is 5.18. The molecule has 0 fully saturated rings. The van der Waals surface area contributed by atoms with Crippen molar-refractivity contribution < 1.29 is 23.5 Å². The molecule has 24 heavy (non-hydrogen) atoms. The number of carboxylic acid groups (broad SMARTS) is 1. The summed E-state index contributed by atoms with van der Waals surface area (Å²) in [5.41, 5.74) is 0.0364. The van der Waals surface area contributed by atoms with Crippen LogP contribution < -0.4 is 10.6 Å². The number of carbonyl (C=O) groups is 2. The van der Waals surface area contributed by atoms with Crippen molar-refractivity contribution in [3.05, 3.63) is 65.2 Å². The first kappa shape index (κ1) is 17.6. The molecule has 2 aromatic rings. The van der Waals surface area contributed by atoms with Gasteiger partial charge in [-0.3, -0.25) is 4.79 Å². The van der Waals surface area contributed by atoms with Crippen LogP contribution in [0.2, 0.25) is 0 Å². The average molecular weight is 334 g/mol. The Bertz CT molecular complexity index is 765. The molecule has 5 nitrogen and oxygen atoms in total. The zero-order chi connectivity index (χ0) is 17.7. The lowest BCUT2D eigenvalue weighted by molar-refractivity contribution is -0.117. The first-order valence-corrected chi connectivity index (χ1v) is 7.19. The highest BCUT2D eigenvalue weighted by molar-refractivity contribution is 5.96. The summed E-state index contributed by atoms with van der Waals surface area (Å²) in [6.45, 7) is 1.66. The van der Waals surface area contributed by atoms with E-state index in [2.05, 4.69) is 10.6 Å². The second-order valence-corrected chi connectivity index (χ2v) is 5.18. The summed E-state index contributed by atoms with van der Waals surface area (Å²) in [5.74, 6) is -2.92. The molecule has 1 atom stereocenters. The third-order valence-electron chi connectivity index (χ3n) is 3.42. The van der Waals surface area contributed by atoms with Crippen molar-refractivity contribution >= 4 is 17.6 Å². The van der Waals surface area contributed by atoms with E-state index in [1.54, 1.807) is 18.2 Å². The topological polar surface area (TPSA) is 78.4 Å².